The zero-order chi connectivity index (χ0) is 12.8. The minimum Gasteiger partial charge on any atom is -0.468 e. The molecule has 17 heavy (non-hydrogen) atoms. The Balaban J connectivity index is 2.57. The van der Waals surface area contributed by atoms with E-state index in [-0.39, 0.29) is 22.8 Å². The van der Waals surface area contributed by atoms with Crippen molar-refractivity contribution < 1.29 is 14.3 Å². The molecule has 0 saturated carbocycles. The van der Waals surface area contributed by atoms with Crippen LogP contribution >= 0.6 is 23.4 Å². The number of hydrogen-bond donors (Lipinski definition) is 0. The van der Waals surface area contributed by atoms with Crippen LogP contribution in [0.2, 0.25) is 5.02 Å². The maximum atomic E-state index is 11.9. The lowest BCUT2D eigenvalue weighted by atomic mass is 10.1. The monoisotopic (exact) mass is 272 g/mol. The highest BCUT2D eigenvalue weighted by Gasteiger charge is 2.17. The molecule has 0 N–H and O–H groups in total. The summed E-state index contributed by atoms with van der Waals surface area (Å²) in [6.07, 6.45) is 0. The van der Waals surface area contributed by atoms with E-state index in [1.54, 1.807) is 31.2 Å². The van der Waals surface area contributed by atoms with Gasteiger partial charge >= 0.3 is 5.97 Å². The first-order valence-corrected chi connectivity index (χ1v) is 6.45. The number of ether oxygens (including phenoxy) is 1. The largest absolute Gasteiger partial charge is 0.468 e. The van der Waals surface area contributed by atoms with Gasteiger partial charge in [0.2, 0.25) is 0 Å². The summed E-state index contributed by atoms with van der Waals surface area (Å²) in [4.78, 5) is 22.9. The van der Waals surface area contributed by atoms with Gasteiger partial charge in [0.25, 0.3) is 0 Å². The predicted octanol–water partition coefficient (Wildman–Crippen LogP) is 2.82. The van der Waals surface area contributed by atoms with Crippen molar-refractivity contribution in [2.75, 3.05) is 12.9 Å². The molecule has 0 fully saturated rings. The Kier molecular flexibility index (Phi) is 5.51. The summed E-state index contributed by atoms with van der Waals surface area (Å²) in [6.45, 7) is 1.77. The zero-order valence-corrected chi connectivity index (χ0v) is 11.2. The van der Waals surface area contributed by atoms with Gasteiger partial charge in [0.1, 0.15) is 0 Å². The zero-order valence-electron chi connectivity index (χ0n) is 9.60. The topological polar surface area (TPSA) is 43.4 Å². The highest BCUT2D eigenvalue weighted by atomic mass is 35.5. The van der Waals surface area contributed by atoms with Crippen molar-refractivity contribution in [3.05, 3.63) is 34.9 Å². The first-order valence-electron chi connectivity index (χ1n) is 5.02. The van der Waals surface area contributed by atoms with Gasteiger partial charge in [0.15, 0.2) is 5.78 Å². The highest BCUT2D eigenvalue weighted by molar-refractivity contribution is 8.01. The fourth-order valence-corrected chi connectivity index (χ4v) is 2.09. The number of benzene rings is 1. The average molecular weight is 273 g/mol. The summed E-state index contributed by atoms with van der Waals surface area (Å²) < 4.78 is 4.51. The van der Waals surface area contributed by atoms with Crippen LogP contribution in [0.4, 0.5) is 0 Å². The average Bonchev–Trinajstić information content (AvgIpc) is 2.35. The second-order valence-electron chi connectivity index (χ2n) is 3.40. The van der Waals surface area contributed by atoms with Crippen molar-refractivity contribution in [2.24, 2.45) is 0 Å². The molecular formula is C12H13ClO3S. The Morgan fingerprint density at radius 1 is 1.35 bits per heavy atom. The summed E-state index contributed by atoms with van der Waals surface area (Å²) in [6, 6.07) is 6.71. The van der Waals surface area contributed by atoms with Gasteiger partial charge in [-0.3, -0.25) is 9.59 Å². The summed E-state index contributed by atoms with van der Waals surface area (Å²) in [7, 11) is 1.33. The molecule has 0 saturated heterocycles. The third kappa shape index (κ3) is 4.40. The normalized spacial score (nSPS) is 11.9. The second kappa shape index (κ2) is 6.67. The number of carbonyl (C=O) groups is 2. The lowest BCUT2D eigenvalue weighted by Crippen LogP contribution is -2.16. The molecule has 1 rings (SSSR count). The van der Waals surface area contributed by atoms with Gasteiger partial charge in [-0.2, -0.15) is 0 Å². The summed E-state index contributed by atoms with van der Waals surface area (Å²) >= 11 is 7.00. The van der Waals surface area contributed by atoms with E-state index in [1.165, 1.54) is 18.9 Å². The van der Waals surface area contributed by atoms with Gasteiger partial charge in [-0.05, 0) is 31.2 Å². The molecule has 1 unspecified atom stereocenters. The van der Waals surface area contributed by atoms with Gasteiger partial charge < -0.3 is 4.74 Å². The molecule has 1 aromatic rings. The van der Waals surface area contributed by atoms with E-state index < -0.39 is 0 Å². The Labute approximate surface area is 109 Å². The Morgan fingerprint density at radius 2 is 1.94 bits per heavy atom. The number of hydrogen-bond acceptors (Lipinski definition) is 4. The fourth-order valence-electron chi connectivity index (χ4n) is 1.18. The molecule has 3 nitrogen and oxygen atoms in total. The van der Waals surface area contributed by atoms with Crippen LogP contribution in [0.3, 0.4) is 0 Å². The smallest absolute Gasteiger partial charge is 0.315 e. The molecule has 0 radical (unpaired) electrons. The van der Waals surface area contributed by atoms with Crippen LogP contribution in [0.15, 0.2) is 24.3 Å². The lowest BCUT2D eigenvalue weighted by Gasteiger charge is -2.09. The van der Waals surface area contributed by atoms with Gasteiger partial charge in [0, 0.05) is 10.6 Å². The number of Topliss-reactive ketones (excluding diaryl/α,β-unsaturated/α-hetero) is 1. The number of halogens is 1. The van der Waals surface area contributed by atoms with Gasteiger partial charge in [-0.25, -0.2) is 0 Å². The van der Waals surface area contributed by atoms with Crippen molar-refractivity contribution in [1.82, 2.24) is 0 Å². The molecular weight excluding hydrogens is 260 g/mol. The van der Waals surface area contributed by atoms with Crippen molar-refractivity contribution in [2.45, 2.75) is 12.2 Å². The molecule has 0 bridgehead atoms. The highest BCUT2D eigenvalue weighted by Crippen LogP contribution is 2.18. The first kappa shape index (κ1) is 14.1. The van der Waals surface area contributed by atoms with Gasteiger partial charge in [-0.15, -0.1) is 11.8 Å². The van der Waals surface area contributed by atoms with E-state index >= 15 is 0 Å². The second-order valence-corrected chi connectivity index (χ2v) is 5.17. The quantitative estimate of drug-likeness (QED) is 0.611. The number of thioether (sulfide) groups is 1. The molecule has 0 heterocycles. The standard InChI is InChI=1S/C12H13ClO3S/c1-8(17-7-11(14)16-2)12(15)9-3-5-10(13)6-4-9/h3-6,8H,7H2,1-2H3. The van der Waals surface area contributed by atoms with Crippen LogP contribution in [-0.2, 0) is 9.53 Å². The molecule has 92 valence electrons. The molecule has 0 aliphatic heterocycles. The minimum absolute atomic E-state index is 0.0180. The van der Waals surface area contributed by atoms with Crippen LogP contribution < -0.4 is 0 Å². The van der Waals surface area contributed by atoms with Crippen LogP contribution in [0.5, 0.6) is 0 Å². The Hall–Kier alpha value is -1.00. The van der Waals surface area contributed by atoms with E-state index in [0.717, 1.165) is 0 Å². The minimum atomic E-state index is -0.328. The number of carbonyl (C=O) groups excluding carboxylic acids is 2. The van der Waals surface area contributed by atoms with Crippen molar-refractivity contribution in [3.63, 3.8) is 0 Å². The summed E-state index contributed by atoms with van der Waals surface area (Å²) in [5.41, 5.74) is 0.597. The van der Waals surface area contributed by atoms with Crippen LogP contribution in [0, 0.1) is 0 Å². The SMILES string of the molecule is COC(=O)CSC(C)C(=O)c1ccc(Cl)cc1. The van der Waals surface area contributed by atoms with E-state index in [0.29, 0.717) is 10.6 Å². The summed E-state index contributed by atoms with van der Waals surface area (Å²) in [5.74, 6) is -0.168. The van der Waals surface area contributed by atoms with Crippen LogP contribution in [0.25, 0.3) is 0 Å². The lowest BCUT2D eigenvalue weighted by molar-refractivity contribution is -0.137. The van der Waals surface area contributed by atoms with E-state index in [4.69, 9.17) is 11.6 Å². The Bertz CT molecular complexity index is 403. The third-order valence-electron chi connectivity index (χ3n) is 2.18. The molecule has 1 atom stereocenters. The maximum Gasteiger partial charge on any atom is 0.315 e. The molecule has 0 amide bonds. The fraction of sp³-hybridized carbons (Fsp3) is 0.333. The number of esters is 1. The van der Waals surface area contributed by atoms with Crippen molar-refractivity contribution >= 4 is 35.1 Å². The number of ketones is 1. The predicted molar refractivity (Wildman–Crippen MR) is 69.7 cm³/mol. The molecule has 1 aromatic carbocycles. The number of methoxy groups -OCH3 is 1. The van der Waals surface area contributed by atoms with E-state index in [9.17, 15) is 9.59 Å². The van der Waals surface area contributed by atoms with E-state index in [1.807, 2.05) is 0 Å². The van der Waals surface area contributed by atoms with Crippen LogP contribution in [-0.4, -0.2) is 29.9 Å². The molecule has 0 aromatic heterocycles. The maximum absolute atomic E-state index is 11.9. The summed E-state index contributed by atoms with van der Waals surface area (Å²) in [5, 5.41) is 0.312. The van der Waals surface area contributed by atoms with Crippen molar-refractivity contribution in [3.8, 4) is 0 Å². The van der Waals surface area contributed by atoms with Crippen LogP contribution in [0.1, 0.15) is 17.3 Å². The Morgan fingerprint density at radius 3 is 2.47 bits per heavy atom. The first-order chi connectivity index (χ1) is 8.04. The van der Waals surface area contributed by atoms with Crippen molar-refractivity contribution in [1.29, 1.82) is 0 Å². The molecule has 5 heteroatoms. The molecule has 0 aliphatic carbocycles. The van der Waals surface area contributed by atoms with E-state index in [2.05, 4.69) is 4.74 Å². The number of rotatable bonds is 5. The molecule has 0 aliphatic rings. The molecule has 0 spiro atoms. The van der Waals surface area contributed by atoms with Gasteiger partial charge in [-0.1, -0.05) is 11.6 Å². The third-order valence-corrected chi connectivity index (χ3v) is 3.55. The van der Waals surface area contributed by atoms with Gasteiger partial charge in [0.05, 0.1) is 18.1 Å².